The van der Waals surface area contributed by atoms with Crippen molar-refractivity contribution in [1.82, 2.24) is 20.1 Å². The Hall–Kier alpha value is -2.13. The Labute approximate surface area is 187 Å². The second-order valence-corrected chi connectivity index (χ2v) is 9.55. The van der Waals surface area contributed by atoms with Crippen LogP contribution < -0.4 is 10.8 Å². The van der Waals surface area contributed by atoms with Crippen LogP contribution in [-0.2, 0) is 14.5 Å². The lowest BCUT2D eigenvalue weighted by atomic mass is 10.1. The van der Waals surface area contributed by atoms with E-state index < -0.39 is 22.2 Å². The van der Waals surface area contributed by atoms with Crippen LogP contribution in [-0.4, -0.2) is 59.8 Å². The first-order chi connectivity index (χ1) is 14.7. The van der Waals surface area contributed by atoms with Gasteiger partial charge in [-0.3, -0.25) is 14.9 Å². The highest BCUT2D eigenvalue weighted by Crippen LogP contribution is 2.24. The highest BCUT2D eigenvalue weighted by molar-refractivity contribution is 9.10. The van der Waals surface area contributed by atoms with Gasteiger partial charge in [-0.05, 0) is 70.6 Å². The molecule has 11 nitrogen and oxygen atoms in total. The zero-order chi connectivity index (χ0) is 22.6. The van der Waals surface area contributed by atoms with Crippen LogP contribution in [0.2, 0.25) is 0 Å². The van der Waals surface area contributed by atoms with E-state index in [1.54, 1.807) is 13.8 Å². The summed E-state index contributed by atoms with van der Waals surface area (Å²) < 4.78 is 49.1. The second-order valence-electron chi connectivity index (χ2n) is 7.13. The molecule has 1 aliphatic heterocycles. The third-order valence-electron chi connectivity index (χ3n) is 4.40. The number of anilines is 1. The molecule has 14 heteroatoms. The van der Waals surface area contributed by atoms with Crippen molar-refractivity contribution in [2.24, 2.45) is 10.9 Å². The van der Waals surface area contributed by atoms with Crippen molar-refractivity contribution in [2.75, 3.05) is 25.0 Å². The third-order valence-corrected chi connectivity index (χ3v) is 6.60. The molecule has 1 aliphatic rings. The molecule has 3 rings (SSSR count). The van der Waals surface area contributed by atoms with Gasteiger partial charge >= 0.3 is 10.3 Å². The summed E-state index contributed by atoms with van der Waals surface area (Å²) in [5, 5.41) is 20.0. The van der Waals surface area contributed by atoms with Crippen molar-refractivity contribution in [3.8, 4) is 0 Å². The third kappa shape index (κ3) is 5.98. The molecule has 31 heavy (non-hydrogen) atoms. The molecule has 2 aromatic rings. The van der Waals surface area contributed by atoms with Crippen LogP contribution in [0.4, 0.5) is 15.9 Å². The average Bonchev–Trinajstić information content (AvgIpc) is 3.36. The van der Waals surface area contributed by atoms with Crippen molar-refractivity contribution in [2.45, 2.75) is 26.4 Å². The summed E-state index contributed by atoms with van der Waals surface area (Å²) in [5.41, 5.74) is 2.39. The lowest BCUT2D eigenvalue weighted by Crippen LogP contribution is -2.33. The van der Waals surface area contributed by atoms with Gasteiger partial charge in [-0.1, -0.05) is 0 Å². The molecule has 0 spiro atoms. The van der Waals surface area contributed by atoms with Gasteiger partial charge in [0.2, 0.25) is 5.82 Å². The Balaban J connectivity index is 1.66. The predicted octanol–water partition coefficient (Wildman–Crippen LogP) is 2.43. The zero-order valence-electron chi connectivity index (χ0n) is 16.7. The molecule has 1 unspecified atom stereocenters. The predicted molar refractivity (Wildman–Crippen MR) is 113 cm³/mol. The minimum absolute atomic E-state index is 0.00520. The highest BCUT2D eigenvalue weighted by Gasteiger charge is 2.33. The molecule has 170 valence electrons. The van der Waals surface area contributed by atoms with Crippen molar-refractivity contribution in [3.05, 3.63) is 34.2 Å². The van der Waals surface area contributed by atoms with E-state index in [2.05, 4.69) is 36.6 Å². The van der Waals surface area contributed by atoms with Crippen molar-refractivity contribution in [1.29, 1.82) is 0 Å². The van der Waals surface area contributed by atoms with Gasteiger partial charge < -0.3 is 5.32 Å². The molecular weight excluding hydrogens is 499 g/mol. The van der Waals surface area contributed by atoms with Crippen LogP contribution in [0.1, 0.15) is 26.0 Å². The first-order valence-electron chi connectivity index (χ1n) is 9.38. The maximum atomic E-state index is 13.4. The number of aliphatic imine (C=N–C) groups is 1. The van der Waals surface area contributed by atoms with Gasteiger partial charge in [0.1, 0.15) is 5.82 Å². The van der Waals surface area contributed by atoms with Crippen LogP contribution in [0.5, 0.6) is 0 Å². The van der Waals surface area contributed by atoms with Gasteiger partial charge in [0.05, 0.1) is 16.3 Å². The SMILES string of the molecule is CC(C)OS(=O)(=O)N1CCC(CNc2nonc2C(=Nc2ccc(F)c(Br)c2)NO)C1. The molecule has 0 amide bonds. The van der Waals surface area contributed by atoms with E-state index in [0.29, 0.717) is 31.7 Å². The number of aromatic nitrogens is 2. The summed E-state index contributed by atoms with van der Waals surface area (Å²) in [7, 11) is -3.76. The summed E-state index contributed by atoms with van der Waals surface area (Å²) in [6.07, 6.45) is 0.202. The molecular formula is C17H22BrFN6O5S. The zero-order valence-corrected chi connectivity index (χ0v) is 19.2. The number of benzene rings is 1. The first-order valence-corrected chi connectivity index (χ1v) is 11.5. The number of nitrogens with zero attached hydrogens (tertiary/aromatic N) is 4. The Kier molecular flexibility index (Phi) is 7.59. The number of hydrogen-bond acceptors (Lipinski definition) is 9. The summed E-state index contributed by atoms with van der Waals surface area (Å²) >= 11 is 3.07. The lowest BCUT2D eigenvalue weighted by Gasteiger charge is -2.17. The van der Waals surface area contributed by atoms with Gasteiger partial charge in [-0.2, -0.15) is 12.7 Å². The minimum atomic E-state index is -3.76. The van der Waals surface area contributed by atoms with Crippen molar-refractivity contribution < 1.29 is 26.8 Å². The molecule has 0 bridgehead atoms. The Morgan fingerprint density at radius 1 is 1.48 bits per heavy atom. The standard InChI is InChI=1S/C17H22BrFN6O5S/c1-10(2)29-31(27,28)25-6-5-11(9-25)8-20-16-15(23-30-24-16)17(22-26)21-12-3-4-14(19)13(18)7-12/h3-4,7,10-11,26H,5-6,8-9H2,1-2H3,(H,20,24)(H,21,22). The van der Waals surface area contributed by atoms with Crippen LogP contribution in [0, 0.1) is 11.7 Å². The van der Waals surface area contributed by atoms with Crippen LogP contribution >= 0.6 is 15.9 Å². The van der Waals surface area contributed by atoms with E-state index in [1.807, 2.05) is 5.48 Å². The van der Waals surface area contributed by atoms with Gasteiger partial charge in [-0.15, -0.1) is 0 Å². The number of hydrogen-bond donors (Lipinski definition) is 3. The smallest absolute Gasteiger partial charge is 0.338 e. The largest absolute Gasteiger partial charge is 0.365 e. The molecule has 0 saturated carbocycles. The van der Waals surface area contributed by atoms with Gasteiger partial charge in [0.15, 0.2) is 11.5 Å². The summed E-state index contributed by atoms with van der Waals surface area (Å²) in [6.45, 7) is 4.35. The van der Waals surface area contributed by atoms with Gasteiger partial charge in [0.25, 0.3) is 0 Å². The molecule has 1 fully saturated rings. The molecule has 1 aromatic carbocycles. The average molecular weight is 521 g/mol. The molecule has 0 radical (unpaired) electrons. The monoisotopic (exact) mass is 520 g/mol. The summed E-state index contributed by atoms with van der Waals surface area (Å²) in [6, 6.07) is 4.08. The van der Waals surface area contributed by atoms with Crippen LogP contribution in [0.25, 0.3) is 0 Å². The maximum absolute atomic E-state index is 13.4. The fourth-order valence-electron chi connectivity index (χ4n) is 2.99. The van der Waals surface area contributed by atoms with E-state index >= 15 is 0 Å². The second kappa shape index (κ2) is 9.99. The molecule has 1 atom stereocenters. The number of amidine groups is 1. The molecule has 2 heterocycles. The number of halogens is 2. The molecule has 0 aliphatic carbocycles. The van der Waals surface area contributed by atoms with E-state index in [-0.39, 0.29) is 27.7 Å². The number of rotatable bonds is 8. The summed E-state index contributed by atoms with van der Waals surface area (Å²) in [4.78, 5) is 4.19. The van der Waals surface area contributed by atoms with Crippen molar-refractivity contribution >= 4 is 43.6 Å². The Morgan fingerprint density at radius 2 is 2.26 bits per heavy atom. The molecule has 3 N–H and O–H groups in total. The van der Waals surface area contributed by atoms with Gasteiger partial charge in [0, 0.05) is 19.6 Å². The number of nitrogens with one attached hydrogen (secondary N) is 2. The minimum Gasteiger partial charge on any atom is -0.365 e. The Bertz CT molecular complexity index is 1050. The van der Waals surface area contributed by atoms with E-state index in [4.69, 9.17) is 8.81 Å². The highest BCUT2D eigenvalue weighted by atomic mass is 79.9. The fraction of sp³-hybridized carbons (Fsp3) is 0.471. The lowest BCUT2D eigenvalue weighted by molar-refractivity contribution is 0.221. The van der Waals surface area contributed by atoms with Crippen LogP contribution in [0.3, 0.4) is 0 Å². The van der Waals surface area contributed by atoms with E-state index in [9.17, 15) is 18.0 Å². The van der Waals surface area contributed by atoms with Crippen LogP contribution in [0.15, 0.2) is 32.3 Å². The topological polar surface area (TPSA) is 142 Å². The van der Waals surface area contributed by atoms with Crippen molar-refractivity contribution in [3.63, 3.8) is 0 Å². The molecule has 1 saturated heterocycles. The fourth-order valence-corrected chi connectivity index (χ4v) is 4.68. The normalized spacial score (nSPS) is 18.0. The van der Waals surface area contributed by atoms with Gasteiger partial charge in [-0.25, -0.2) is 14.0 Å². The summed E-state index contributed by atoms with van der Waals surface area (Å²) in [5.74, 6) is -0.301. The first kappa shape index (κ1) is 23.5. The van der Waals surface area contributed by atoms with E-state index in [1.165, 1.54) is 22.5 Å². The Morgan fingerprint density at radius 3 is 2.94 bits per heavy atom. The number of hydroxylamine groups is 1. The maximum Gasteiger partial charge on any atom is 0.338 e. The van der Waals surface area contributed by atoms with E-state index in [0.717, 1.165) is 0 Å². The quantitative estimate of drug-likeness (QED) is 0.271. The molecule has 1 aromatic heterocycles.